The van der Waals surface area contributed by atoms with Crippen molar-refractivity contribution < 1.29 is 4.79 Å². The van der Waals surface area contributed by atoms with Gasteiger partial charge in [0.2, 0.25) is 0 Å². The van der Waals surface area contributed by atoms with Crippen LogP contribution in [0.2, 0.25) is 0 Å². The van der Waals surface area contributed by atoms with E-state index in [1.54, 1.807) is 0 Å². The summed E-state index contributed by atoms with van der Waals surface area (Å²) in [5.74, 6) is 0.818. The lowest BCUT2D eigenvalue weighted by Crippen LogP contribution is -2.19. The zero-order valence-electron chi connectivity index (χ0n) is 9.91. The first-order valence-corrected chi connectivity index (χ1v) is 6.10. The van der Waals surface area contributed by atoms with E-state index in [-0.39, 0.29) is 0 Å². The minimum atomic E-state index is -0.519. The van der Waals surface area contributed by atoms with Gasteiger partial charge >= 0.3 is 6.03 Å². The number of urea groups is 1. The Morgan fingerprint density at radius 1 is 1.41 bits per heavy atom. The summed E-state index contributed by atoms with van der Waals surface area (Å²) in [5.41, 5.74) is 7.11. The predicted molar refractivity (Wildman–Crippen MR) is 68.9 cm³/mol. The Bertz CT molecular complexity index is 369. The van der Waals surface area contributed by atoms with Crippen molar-refractivity contribution in [2.75, 3.05) is 18.4 Å². The zero-order valence-corrected chi connectivity index (χ0v) is 9.91. The molecule has 0 radical (unpaired) electrons. The lowest BCUT2D eigenvalue weighted by Gasteiger charge is -2.08. The molecule has 2 amide bonds. The van der Waals surface area contributed by atoms with Crippen LogP contribution in [0.25, 0.3) is 0 Å². The van der Waals surface area contributed by atoms with E-state index >= 15 is 0 Å². The van der Waals surface area contributed by atoms with Crippen molar-refractivity contribution in [2.45, 2.75) is 19.3 Å². The first-order chi connectivity index (χ1) is 8.24. The molecule has 1 unspecified atom stereocenters. The molecule has 92 valence electrons. The quantitative estimate of drug-likeness (QED) is 0.741. The van der Waals surface area contributed by atoms with Crippen LogP contribution in [0.3, 0.4) is 0 Å². The highest BCUT2D eigenvalue weighted by Gasteiger charge is 2.13. The molecule has 1 fully saturated rings. The second-order valence-electron chi connectivity index (χ2n) is 4.58. The monoisotopic (exact) mass is 233 g/mol. The van der Waals surface area contributed by atoms with E-state index < -0.39 is 6.03 Å². The third-order valence-electron chi connectivity index (χ3n) is 3.23. The van der Waals surface area contributed by atoms with Crippen LogP contribution in [0.5, 0.6) is 0 Å². The fraction of sp³-hybridized carbons (Fsp3) is 0.462. The maximum absolute atomic E-state index is 10.7. The van der Waals surface area contributed by atoms with Gasteiger partial charge in [-0.15, -0.1) is 0 Å². The molecule has 1 aliphatic heterocycles. The first-order valence-electron chi connectivity index (χ1n) is 6.10. The Morgan fingerprint density at radius 3 is 2.76 bits per heavy atom. The van der Waals surface area contributed by atoms with Gasteiger partial charge in [0.1, 0.15) is 0 Å². The van der Waals surface area contributed by atoms with Crippen molar-refractivity contribution >= 4 is 11.7 Å². The number of rotatable bonds is 4. The molecule has 0 aromatic heterocycles. The van der Waals surface area contributed by atoms with Gasteiger partial charge in [-0.3, -0.25) is 0 Å². The second kappa shape index (κ2) is 5.68. The smallest absolute Gasteiger partial charge is 0.316 e. The van der Waals surface area contributed by atoms with Crippen LogP contribution in [0.4, 0.5) is 10.5 Å². The minimum Gasteiger partial charge on any atom is -0.351 e. The maximum atomic E-state index is 10.7. The SMILES string of the molecule is NC(=O)Nc1ccc(CCC2CCNC2)cc1. The second-order valence-corrected chi connectivity index (χ2v) is 4.58. The number of carbonyl (C=O) groups is 1. The number of amides is 2. The van der Waals surface area contributed by atoms with Crippen LogP contribution < -0.4 is 16.4 Å². The van der Waals surface area contributed by atoms with Gasteiger partial charge in [-0.05, 0) is 56.0 Å². The summed E-state index contributed by atoms with van der Waals surface area (Å²) < 4.78 is 0. The number of primary amides is 1. The molecule has 1 aliphatic rings. The fourth-order valence-corrected chi connectivity index (χ4v) is 2.23. The molecule has 1 atom stereocenters. The molecule has 1 saturated heterocycles. The lowest BCUT2D eigenvalue weighted by molar-refractivity contribution is 0.259. The van der Waals surface area contributed by atoms with E-state index in [0.717, 1.165) is 31.1 Å². The number of aryl methyl sites for hydroxylation is 1. The van der Waals surface area contributed by atoms with Crippen molar-refractivity contribution in [3.05, 3.63) is 29.8 Å². The van der Waals surface area contributed by atoms with Crippen LogP contribution in [0.15, 0.2) is 24.3 Å². The van der Waals surface area contributed by atoms with Crippen molar-refractivity contribution in [2.24, 2.45) is 11.7 Å². The van der Waals surface area contributed by atoms with E-state index in [1.165, 1.54) is 18.4 Å². The molecule has 4 heteroatoms. The Hall–Kier alpha value is -1.55. The van der Waals surface area contributed by atoms with Gasteiger partial charge in [0.15, 0.2) is 0 Å². The zero-order chi connectivity index (χ0) is 12.1. The average molecular weight is 233 g/mol. The number of hydrogen-bond acceptors (Lipinski definition) is 2. The molecule has 1 aromatic carbocycles. The summed E-state index contributed by atoms with van der Waals surface area (Å²) in [6.45, 7) is 2.31. The normalized spacial score (nSPS) is 19.2. The summed E-state index contributed by atoms with van der Waals surface area (Å²) >= 11 is 0. The van der Waals surface area contributed by atoms with E-state index in [1.807, 2.05) is 24.3 Å². The molecular formula is C13H19N3O. The largest absolute Gasteiger partial charge is 0.351 e. The maximum Gasteiger partial charge on any atom is 0.316 e. The molecule has 17 heavy (non-hydrogen) atoms. The van der Waals surface area contributed by atoms with Crippen LogP contribution in [0.1, 0.15) is 18.4 Å². The van der Waals surface area contributed by atoms with Gasteiger partial charge in [-0.2, -0.15) is 0 Å². The van der Waals surface area contributed by atoms with Gasteiger partial charge in [0.25, 0.3) is 0 Å². The van der Waals surface area contributed by atoms with Gasteiger partial charge in [0, 0.05) is 5.69 Å². The summed E-state index contributed by atoms with van der Waals surface area (Å²) in [6, 6.07) is 7.37. The molecule has 4 nitrogen and oxygen atoms in total. The summed E-state index contributed by atoms with van der Waals surface area (Å²) in [5, 5.41) is 5.94. The third kappa shape index (κ3) is 3.75. The fourth-order valence-electron chi connectivity index (χ4n) is 2.23. The number of anilines is 1. The van der Waals surface area contributed by atoms with Crippen molar-refractivity contribution in [1.82, 2.24) is 5.32 Å². The first kappa shape index (κ1) is 11.9. The molecule has 2 rings (SSSR count). The van der Waals surface area contributed by atoms with Crippen LogP contribution >= 0.6 is 0 Å². The van der Waals surface area contributed by atoms with Crippen molar-refractivity contribution in [3.8, 4) is 0 Å². The summed E-state index contributed by atoms with van der Waals surface area (Å²) in [7, 11) is 0. The standard InChI is InChI=1S/C13H19N3O/c14-13(17)16-12-5-3-10(4-6-12)1-2-11-7-8-15-9-11/h3-6,11,15H,1-2,7-9H2,(H3,14,16,17). The number of nitrogens with one attached hydrogen (secondary N) is 2. The number of hydrogen-bond donors (Lipinski definition) is 3. The highest BCUT2D eigenvalue weighted by atomic mass is 16.2. The van der Waals surface area contributed by atoms with Crippen molar-refractivity contribution in [3.63, 3.8) is 0 Å². The molecule has 4 N–H and O–H groups in total. The minimum absolute atomic E-state index is 0.519. The van der Waals surface area contributed by atoms with E-state index in [2.05, 4.69) is 10.6 Å². The van der Waals surface area contributed by atoms with Crippen LogP contribution in [-0.2, 0) is 6.42 Å². The lowest BCUT2D eigenvalue weighted by atomic mass is 9.99. The topological polar surface area (TPSA) is 67.2 Å². The van der Waals surface area contributed by atoms with E-state index in [0.29, 0.717) is 0 Å². The Morgan fingerprint density at radius 2 is 2.18 bits per heavy atom. The molecule has 0 aliphatic carbocycles. The highest BCUT2D eigenvalue weighted by Crippen LogP contribution is 2.17. The predicted octanol–water partition coefficient (Wildman–Crippen LogP) is 1.72. The molecule has 1 aromatic rings. The van der Waals surface area contributed by atoms with Crippen molar-refractivity contribution in [1.29, 1.82) is 0 Å². The molecule has 0 saturated carbocycles. The summed E-state index contributed by atoms with van der Waals surface area (Å²) in [6.07, 6.45) is 3.63. The number of carbonyl (C=O) groups excluding carboxylic acids is 1. The number of benzene rings is 1. The highest BCUT2D eigenvalue weighted by molar-refractivity contribution is 5.87. The van der Waals surface area contributed by atoms with Gasteiger partial charge in [-0.25, -0.2) is 4.79 Å². The van der Waals surface area contributed by atoms with E-state index in [9.17, 15) is 4.79 Å². The van der Waals surface area contributed by atoms with E-state index in [4.69, 9.17) is 5.73 Å². The number of nitrogens with two attached hydrogens (primary N) is 1. The molecular weight excluding hydrogens is 214 g/mol. The van der Waals surface area contributed by atoms with Gasteiger partial charge in [0.05, 0.1) is 0 Å². The van der Waals surface area contributed by atoms with Gasteiger partial charge in [-0.1, -0.05) is 12.1 Å². The molecule has 0 spiro atoms. The Balaban J connectivity index is 1.82. The third-order valence-corrected chi connectivity index (χ3v) is 3.23. The Labute approximate surface area is 102 Å². The van der Waals surface area contributed by atoms with Gasteiger partial charge < -0.3 is 16.4 Å². The average Bonchev–Trinajstić information content (AvgIpc) is 2.80. The molecule has 1 heterocycles. The molecule has 0 bridgehead atoms. The van der Waals surface area contributed by atoms with Crippen LogP contribution in [0, 0.1) is 5.92 Å². The Kier molecular flexibility index (Phi) is 3.98. The summed E-state index contributed by atoms with van der Waals surface area (Å²) in [4.78, 5) is 10.7. The van der Waals surface area contributed by atoms with Crippen LogP contribution in [-0.4, -0.2) is 19.1 Å².